The fourth-order valence-corrected chi connectivity index (χ4v) is 3.13. The standard InChI is InChI=1S/C23H16ClFN2O4/c1-30-22-12-16(9-18(13-26)17-5-7-20(8-6-17)27(28)29)11-21(24)23(22)31-14-15-3-2-4-19(25)10-15/h2-12H,14H2,1H3/b18-9+. The van der Waals surface area contributed by atoms with Gasteiger partial charge >= 0.3 is 0 Å². The van der Waals surface area contributed by atoms with Crippen molar-refractivity contribution in [3.63, 3.8) is 0 Å². The molecule has 0 unspecified atom stereocenters. The number of ether oxygens (including phenoxy) is 2. The number of non-ortho nitro benzene ring substituents is 1. The number of benzene rings is 3. The fraction of sp³-hybridized carbons (Fsp3) is 0.0870. The predicted molar refractivity (Wildman–Crippen MR) is 115 cm³/mol. The third-order valence-corrected chi connectivity index (χ3v) is 4.63. The molecular formula is C23H16ClFN2O4. The molecule has 0 aliphatic carbocycles. The van der Waals surface area contributed by atoms with Gasteiger partial charge in [0.05, 0.1) is 28.7 Å². The van der Waals surface area contributed by atoms with E-state index in [0.29, 0.717) is 33.8 Å². The quantitative estimate of drug-likeness (QED) is 0.194. The molecule has 0 radical (unpaired) electrons. The van der Waals surface area contributed by atoms with E-state index in [2.05, 4.69) is 6.07 Å². The molecule has 3 aromatic rings. The van der Waals surface area contributed by atoms with Gasteiger partial charge in [-0.3, -0.25) is 10.1 Å². The van der Waals surface area contributed by atoms with Crippen molar-refractivity contribution in [2.24, 2.45) is 0 Å². The molecule has 0 amide bonds. The monoisotopic (exact) mass is 438 g/mol. The van der Waals surface area contributed by atoms with Crippen LogP contribution in [0.4, 0.5) is 10.1 Å². The summed E-state index contributed by atoms with van der Waals surface area (Å²) in [5.41, 5.74) is 1.96. The third-order valence-electron chi connectivity index (χ3n) is 4.34. The molecule has 0 saturated carbocycles. The summed E-state index contributed by atoms with van der Waals surface area (Å²) in [4.78, 5) is 10.3. The Morgan fingerprint density at radius 3 is 2.58 bits per heavy atom. The molecule has 0 saturated heterocycles. The van der Waals surface area contributed by atoms with Crippen LogP contribution in [0.1, 0.15) is 16.7 Å². The molecule has 31 heavy (non-hydrogen) atoms. The minimum atomic E-state index is -0.507. The maximum absolute atomic E-state index is 13.4. The average Bonchev–Trinajstić information content (AvgIpc) is 2.76. The first-order valence-corrected chi connectivity index (χ1v) is 9.40. The van der Waals surface area contributed by atoms with E-state index >= 15 is 0 Å². The molecule has 0 heterocycles. The molecule has 0 aliphatic heterocycles. The average molecular weight is 439 g/mol. The van der Waals surface area contributed by atoms with Crippen molar-refractivity contribution >= 4 is 28.9 Å². The summed E-state index contributed by atoms with van der Waals surface area (Å²) in [5, 5.41) is 20.6. The summed E-state index contributed by atoms with van der Waals surface area (Å²) in [6.45, 7) is 0.0925. The van der Waals surface area contributed by atoms with Gasteiger partial charge in [-0.1, -0.05) is 23.7 Å². The lowest BCUT2D eigenvalue weighted by Gasteiger charge is -2.14. The Morgan fingerprint density at radius 2 is 1.97 bits per heavy atom. The fourth-order valence-electron chi connectivity index (χ4n) is 2.85. The number of nitro groups is 1. The zero-order valence-corrected chi connectivity index (χ0v) is 17.1. The van der Waals surface area contributed by atoms with Crippen molar-refractivity contribution in [3.05, 3.63) is 98.3 Å². The topological polar surface area (TPSA) is 85.4 Å². The normalized spacial score (nSPS) is 11.0. The van der Waals surface area contributed by atoms with Gasteiger partial charge in [0.1, 0.15) is 12.4 Å². The molecule has 8 heteroatoms. The molecule has 0 fully saturated rings. The molecule has 3 aromatic carbocycles. The van der Waals surface area contributed by atoms with Crippen LogP contribution in [0.5, 0.6) is 11.5 Å². The van der Waals surface area contributed by atoms with Gasteiger partial charge in [-0.25, -0.2) is 4.39 Å². The van der Waals surface area contributed by atoms with Crippen LogP contribution in [0.3, 0.4) is 0 Å². The van der Waals surface area contributed by atoms with E-state index in [4.69, 9.17) is 21.1 Å². The maximum atomic E-state index is 13.4. The first-order valence-electron chi connectivity index (χ1n) is 9.02. The molecule has 0 atom stereocenters. The number of methoxy groups -OCH3 is 1. The summed E-state index contributed by atoms with van der Waals surface area (Å²) in [6.07, 6.45) is 1.59. The lowest BCUT2D eigenvalue weighted by Crippen LogP contribution is -1.99. The Labute approximate surface area is 182 Å². The summed E-state index contributed by atoms with van der Waals surface area (Å²) in [5.74, 6) is 0.269. The molecular weight excluding hydrogens is 423 g/mol. The van der Waals surface area contributed by atoms with Crippen LogP contribution in [0.25, 0.3) is 11.6 Å². The van der Waals surface area contributed by atoms with E-state index in [9.17, 15) is 19.8 Å². The summed E-state index contributed by atoms with van der Waals surface area (Å²) in [7, 11) is 1.45. The third kappa shape index (κ3) is 5.38. The number of allylic oxidation sites excluding steroid dienone is 1. The molecule has 0 bridgehead atoms. The number of nitrogens with zero attached hydrogens (tertiary/aromatic N) is 2. The van der Waals surface area contributed by atoms with Gasteiger partial charge in [0.25, 0.3) is 5.69 Å². The van der Waals surface area contributed by atoms with Crippen LogP contribution in [0.15, 0.2) is 60.7 Å². The van der Waals surface area contributed by atoms with E-state index in [1.165, 1.54) is 43.5 Å². The SMILES string of the molecule is COc1cc(/C=C(\C#N)c2ccc([N+](=O)[O-])cc2)cc(Cl)c1OCc1cccc(F)c1. The van der Waals surface area contributed by atoms with Crippen LogP contribution in [-0.4, -0.2) is 12.0 Å². The van der Waals surface area contributed by atoms with Crippen LogP contribution < -0.4 is 9.47 Å². The minimum absolute atomic E-state index is 0.0643. The van der Waals surface area contributed by atoms with Gasteiger partial charge in [0.2, 0.25) is 0 Å². The molecule has 0 aromatic heterocycles. The first-order chi connectivity index (χ1) is 14.9. The molecule has 0 aliphatic rings. The second-order valence-electron chi connectivity index (χ2n) is 6.43. The second-order valence-corrected chi connectivity index (χ2v) is 6.83. The van der Waals surface area contributed by atoms with Gasteiger partial charge in [0, 0.05) is 12.1 Å². The highest BCUT2D eigenvalue weighted by Gasteiger charge is 2.13. The number of hydrogen-bond donors (Lipinski definition) is 0. The van der Waals surface area contributed by atoms with Crippen LogP contribution >= 0.6 is 11.6 Å². The molecule has 156 valence electrons. The highest BCUT2D eigenvalue weighted by molar-refractivity contribution is 6.32. The van der Waals surface area contributed by atoms with Crippen molar-refractivity contribution in [1.29, 1.82) is 5.26 Å². The number of hydrogen-bond acceptors (Lipinski definition) is 5. The molecule has 3 rings (SSSR count). The van der Waals surface area contributed by atoms with Crippen LogP contribution in [-0.2, 0) is 6.61 Å². The zero-order valence-electron chi connectivity index (χ0n) is 16.3. The zero-order chi connectivity index (χ0) is 22.4. The van der Waals surface area contributed by atoms with Crippen molar-refractivity contribution in [3.8, 4) is 17.6 Å². The number of halogens is 2. The van der Waals surface area contributed by atoms with Crippen molar-refractivity contribution in [2.45, 2.75) is 6.61 Å². The minimum Gasteiger partial charge on any atom is -0.493 e. The van der Waals surface area contributed by atoms with Gasteiger partial charge < -0.3 is 9.47 Å². The van der Waals surface area contributed by atoms with Crippen molar-refractivity contribution in [1.82, 2.24) is 0 Å². The van der Waals surface area contributed by atoms with E-state index in [1.807, 2.05) is 0 Å². The highest BCUT2D eigenvalue weighted by Crippen LogP contribution is 2.38. The van der Waals surface area contributed by atoms with Crippen molar-refractivity contribution < 1.29 is 18.8 Å². The Kier molecular flexibility index (Phi) is 6.85. The number of rotatable bonds is 7. The first kappa shape index (κ1) is 21.8. The largest absolute Gasteiger partial charge is 0.493 e. The van der Waals surface area contributed by atoms with E-state index in [0.717, 1.165) is 0 Å². The molecule has 6 nitrogen and oxygen atoms in total. The highest BCUT2D eigenvalue weighted by atomic mass is 35.5. The van der Waals surface area contributed by atoms with E-state index in [1.54, 1.807) is 30.3 Å². The smallest absolute Gasteiger partial charge is 0.269 e. The van der Waals surface area contributed by atoms with Gasteiger partial charge in [0.15, 0.2) is 11.5 Å². The predicted octanol–water partition coefficient (Wildman–Crippen LogP) is 6.04. The summed E-state index contributed by atoms with van der Waals surface area (Å²) < 4.78 is 24.5. The molecule has 0 spiro atoms. The molecule has 0 N–H and O–H groups in total. The lowest BCUT2D eigenvalue weighted by molar-refractivity contribution is -0.384. The number of nitriles is 1. The maximum Gasteiger partial charge on any atom is 0.269 e. The van der Waals surface area contributed by atoms with Gasteiger partial charge in [-0.2, -0.15) is 5.26 Å². The lowest BCUT2D eigenvalue weighted by atomic mass is 10.0. The van der Waals surface area contributed by atoms with Gasteiger partial charge in [-0.15, -0.1) is 0 Å². The summed E-state index contributed by atoms with van der Waals surface area (Å²) >= 11 is 6.37. The van der Waals surface area contributed by atoms with Gasteiger partial charge in [-0.05, 0) is 59.2 Å². The number of nitro benzene ring substituents is 1. The summed E-state index contributed by atoms with van der Waals surface area (Å²) in [6, 6.07) is 17.0. The second kappa shape index (κ2) is 9.74. The van der Waals surface area contributed by atoms with E-state index in [-0.39, 0.29) is 23.1 Å². The Morgan fingerprint density at radius 1 is 1.23 bits per heavy atom. The Hall–Kier alpha value is -3.89. The Bertz CT molecular complexity index is 1190. The van der Waals surface area contributed by atoms with Crippen LogP contribution in [0.2, 0.25) is 5.02 Å². The Balaban J connectivity index is 1.88. The van der Waals surface area contributed by atoms with E-state index < -0.39 is 4.92 Å². The van der Waals surface area contributed by atoms with Crippen LogP contribution in [0, 0.1) is 27.3 Å². The van der Waals surface area contributed by atoms with Crippen molar-refractivity contribution in [2.75, 3.05) is 7.11 Å².